The van der Waals surface area contributed by atoms with Crippen molar-refractivity contribution in [3.63, 3.8) is 0 Å². The van der Waals surface area contributed by atoms with Crippen LogP contribution >= 0.6 is 0 Å². The van der Waals surface area contributed by atoms with Crippen LogP contribution in [0.2, 0.25) is 0 Å². The molecule has 4 bridgehead atoms. The molecule has 0 aromatic heterocycles. The van der Waals surface area contributed by atoms with Crippen LogP contribution in [-0.2, 0) is 0 Å². The molecule has 4 rings (SSSR count). The van der Waals surface area contributed by atoms with Crippen LogP contribution in [0.5, 0.6) is 0 Å². The van der Waals surface area contributed by atoms with E-state index in [2.05, 4.69) is 21.1 Å². The summed E-state index contributed by atoms with van der Waals surface area (Å²) in [6, 6.07) is 0.989. The number of carboxylic acid groups (broad SMARTS) is 2. The Hall–Kier alpha value is -0.770. The van der Waals surface area contributed by atoms with Crippen LogP contribution in [0.3, 0.4) is 0 Å². The SMILES string of the molecule is C[N+](C)(C)C1C2CC3CC(C2)CC1C3.O=C(O)O. The first-order valence-electron chi connectivity index (χ1n) is 7.00. The van der Waals surface area contributed by atoms with Gasteiger partial charge in [0.2, 0.25) is 0 Å². The largest absolute Gasteiger partial charge is 0.503 e. The van der Waals surface area contributed by atoms with Gasteiger partial charge >= 0.3 is 6.16 Å². The average molecular weight is 256 g/mol. The van der Waals surface area contributed by atoms with Gasteiger partial charge in [-0.1, -0.05) is 0 Å². The van der Waals surface area contributed by atoms with Gasteiger partial charge in [0.1, 0.15) is 0 Å². The molecule has 4 aliphatic carbocycles. The van der Waals surface area contributed by atoms with Crippen molar-refractivity contribution in [3.05, 3.63) is 0 Å². The molecule has 0 aromatic rings. The summed E-state index contributed by atoms with van der Waals surface area (Å²) in [6.45, 7) is 0. The standard InChI is InChI=1S/C13H24N.CH2O3/c1-14(2,3)13-11-5-9-4-10(7-11)8-12(13)6-9;2-1(3)4/h9-13H,4-8H2,1-3H3;(H2,2,3,4)/q+1;. The zero-order valence-corrected chi connectivity index (χ0v) is 11.7. The van der Waals surface area contributed by atoms with Crippen molar-refractivity contribution < 1.29 is 19.5 Å². The molecule has 0 unspecified atom stereocenters. The van der Waals surface area contributed by atoms with Crippen LogP contribution < -0.4 is 0 Å². The van der Waals surface area contributed by atoms with Gasteiger partial charge in [-0.15, -0.1) is 0 Å². The summed E-state index contributed by atoms with van der Waals surface area (Å²) in [5.74, 6) is 4.40. The van der Waals surface area contributed by atoms with E-state index in [1.807, 2.05) is 0 Å². The van der Waals surface area contributed by atoms with E-state index in [0.29, 0.717) is 0 Å². The van der Waals surface area contributed by atoms with Crippen LogP contribution in [0, 0.1) is 23.7 Å². The molecular formula is C14H26NO3+. The van der Waals surface area contributed by atoms with E-state index in [9.17, 15) is 0 Å². The Morgan fingerprint density at radius 3 is 1.50 bits per heavy atom. The molecule has 0 radical (unpaired) electrons. The lowest BCUT2D eigenvalue weighted by atomic mass is 9.53. The highest BCUT2D eigenvalue weighted by atomic mass is 16.6. The van der Waals surface area contributed by atoms with Crippen molar-refractivity contribution in [3.8, 4) is 0 Å². The van der Waals surface area contributed by atoms with Gasteiger partial charge < -0.3 is 14.7 Å². The molecule has 0 saturated heterocycles. The van der Waals surface area contributed by atoms with E-state index in [4.69, 9.17) is 15.0 Å². The fourth-order valence-corrected chi connectivity index (χ4v) is 5.16. The topological polar surface area (TPSA) is 57.5 Å². The molecule has 104 valence electrons. The van der Waals surface area contributed by atoms with Gasteiger partial charge in [0.15, 0.2) is 0 Å². The Labute approximate surface area is 109 Å². The maximum Gasteiger partial charge on any atom is 0.503 e. The van der Waals surface area contributed by atoms with Gasteiger partial charge in [-0.25, -0.2) is 4.79 Å². The van der Waals surface area contributed by atoms with E-state index in [1.54, 1.807) is 32.1 Å². The van der Waals surface area contributed by atoms with Crippen molar-refractivity contribution in [1.82, 2.24) is 0 Å². The first-order chi connectivity index (χ1) is 8.27. The minimum atomic E-state index is -1.83. The third-order valence-corrected chi connectivity index (χ3v) is 5.07. The second kappa shape index (κ2) is 4.72. The molecule has 0 amide bonds. The van der Waals surface area contributed by atoms with E-state index < -0.39 is 6.16 Å². The number of hydrogen-bond acceptors (Lipinski definition) is 1. The molecule has 2 N–H and O–H groups in total. The third-order valence-electron chi connectivity index (χ3n) is 5.07. The minimum Gasteiger partial charge on any atom is -0.450 e. The molecule has 18 heavy (non-hydrogen) atoms. The summed E-state index contributed by atoms with van der Waals surface area (Å²) in [5.41, 5.74) is 0. The Bertz CT molecular complexity index is 289. The number of carbonyl (C=O) groups is 1. The highest BCUT2D eigenvalue weighted by Crippen LogP contribution is 2.55. The van der Waals surface area contributed by atoms with Crippen molar-refractivity contribution in [1.29, 1.82) is 0 Å². The molecule has 4 aliphatic rings. The smallest absolute Gasteiger partial charge is 0.450 e. The predicted octanol–water partition coefficient (Wildman–Crippen LogP) is 2.74. The first-order valence-corrected chi connectivity index (χ1v) is 7.00. The molecule has 4 fully saturated rings. The lowest BCUT2D eigenvalue weighted by Crippen LogP contribution is -2.60. The van der Waals surface area contributed by atoms with Crippen molar-refractivity contribution in [2.75, 3.05) is 21.1 Å². The second-order valence-electron chi connectivity index (χ2n) is 7.32. The fourth-order valence-electron chi connectivity index (χ4n) is 5.16. The van der Waals surface area contributed by atoms with E-state index >= 15 is 0 Å². The minimum absolute atomic E-state index is 0.989. The summed E-state index contributed by atoms with van der Waals surface area (Å²) in [6.07, 6.45) is 6.00. The van der Waals surface area contributed by atoms with Gasteiger partial charge in [0.05, 0.1) is 27.2 Å². The highest BCUT2D eigenvalue weighted by Gasteiger charge is 2.53. The first kappa shape index (κ1) is 13.7. The molecular weight excluding hydrogens is 230 g/mol. The average Bonchev–Trinajstić information content (AvgIpc) is 2.11. The van der Waals surface area contributed by atoms with Crippen molar-refractivity contribution in [2.45, 2.75) is 38.1 Å². The van der Waals surface area contributed by atoms with Gasteiger partial charge in [0, 0.05) is 11.8 Å². The summed E-state index contributed by atoms with van der Waals surface area (Å²) in [4.78, 5) is 8.56. The normalized spacial score (nSPS) is 41.2. The number of hydrogen-bond donors (Lipinski definition) is 2. The lowest BCUT2D eigenvalue weighted by Gasteiger charge is -2.57. The van der Waals surface area contributed by atoms with Crippen molar-refractivity contribution >= 4 is 6.16 Å². The summed E-state index contributed by atoms with van der Waals surface area (Å²) >= 11 is 0. The molecule has 0 aliphatic heterocycles. The predicted molar refractivity (Wildman–Crippen MR) is 69.5 cm³/mol. The van der Waals surface area contributed by atoms with E-state index in [1.165, 1.54) is 4.48 Å². The number of quaternary nitrogens is 1. The Balaban J connectivity index is 0.000000267. The van der Waals surface area contributed by atoms with Crippen LogP contribution in [0.25, 0.3) is 0 Å². The van der Waals surface area contributed by atoms with Gasteiger partial charge in [-0.05, 0) is 43.9 Å². The fraction of sp³-hybridized carbons (Fsp3) is 0.929. The van der Waals surface area contributed by atoms with Crippen LogP contribution in [-0.4, -0.2) is 48.0 Å². The molecule has 0 heterocycles. The van der Waals surface area contributed by atoms with Crippen LogP contribution in [0.4, 0.5) is 4.79 Å². The molecule has 0 aromatic carbocycles. The van der Waals surface area contributed by atoms with E-state index in [-0.39, 0.29) is 0 Å². The highest BCUT2D eigenvalue weighted by molar-refractivity contribution is 5.53. The Morgan fingerprint density at radius 1 is 0.889 bits per heavy atom. The van der Waals surface area contributed by atoms with Crippen LogP contribution in [0.1, 0.15) is 32.1 Å². The summed E-state index contributed by atoms with van der Waals surface area (Å²) < 4.78 is 1.22. The van der Waals surface area contributed by atoms with Crippen LogP contribution in [0.15, 0.2) is 0 Å². The third kappa shape index (κ3) is 2.79. The zero-order valence-electron chi connectivity index (χ0n) is 11.7. The molecule has 4 saturated carbocycles. The second-order valence-corrected chi connectivity index (χ2v) is 7.32. The molecule has 4 nitrogen and oxygen atoms in total. The summed E-state index contributed by atoms with van der Waals surface area (Å²) in [7, 11) is 7.23. The maximum absolute atomic E-state index is 8.56. The summed E-state index contributed by atoms with van der Waals surface area (Å²) in [5, 5.41) is 13.9. The number of nitrogens with zero attached hydrogens (tertiary/aromatic N) is 1. The monoisotopic (exact) mass is 256 g/mol. The zero-order chi connectivity index (χ0) is 13.5. The number of rotatable bonds is 1. The van der Waals surface area contributed by atoms with Crippen molar-refractivity contribution in [2.24, 2.45) is 23.7 Å². The van der Waals surface area contributed by atoms with Gasteiger partial charge in [-0.2, -0.15) is 0 Å². The van der Waals surface area contributed by atoms with E-state index in [0.717, 1.165) is 29.7 Å². The molecule has 0 atom stereocenters. The van der Waals surface area contributed by atoms with Gasteiger partial charge in [0.25, 0.3) is 0 Å². The lowest BCUT2D eigenvalue weighted by molar-refractivity contribution is -0.907. The van der Waals surface area contributed by atoms with Gasteiger partial charge in [-0.3, -0.25) is 0 Å². The maximum atomic E-state index is 8.56. The molecule has 0 spiro atoms. The Morgan fingerprint density at radius 2 is 1.22 bits per heavy atom. The quantitative estimate of drug-likeness (QED) is 0.709. The Kier molecular flexibility index (Phi) is 3.58. The molecule has 4 heteroatoms.